The number of fused-ring (bicyclic) bond motifs is 1. The van der Waals surface area contributed by atoms with Gasteiger partial charge in [0.15, 0.2) is 12.7 Å². The average Bonchev–Trinajstić information content (AvgIpc) is 3.64. The van der Waals surface area contributed by atoms with Crippen LogP contribution in [-0.4, -0.2) is 37.0 Å². The van der Waals surface area contributed by atoms with Crippen molar-refractivity contribution in [2.45, 2.75) is 39.7 Å². The number of anilines is 1. The molecule has 0 bridgehead atoms. The van der Waals surface area contributed by atoms with Gasteiger partial charge in [0.1, 0.15) is 17.3 Å². The van der Waals surface area contributed by atoms with Gasteiger partial charge in [0, 0.05) is 5.92 Å². The smallest absolute Gasteiger partial charge is 0.268 e. The number of carbonyl (C=O) groups is 3. The van der Waals surface area contributed by atoms with Crippen LogP contribution in [-0.2, 0) is 14.4 Å². The first-order valence-electron chi connectivity index (χ1n) is 11.3. The van der Waals surface area contributed by atoms with Crippen LogP contribution in [0.5, 0.6) is 11.5 Å². The lowest BCUT2D eigenvalue weighted by Crippen LogP contribution is -2.52. The number of nitrogens with one attached hydrogen (secondary N) is 2. The summed E-state index contributed by atoms with van der Waals surface area (Å²) in [6.45, 7) is 9.47. The van der Waals surface area contributed by atoms with Gasteiger partial charge in [-0.1, -0.05) is 18.7 Å². The van der Waals surface area contributed by atoms with Crippen molar-refractivity contribution in [3.05, 3.63) is 65.5 Å². The van der Waals surface area contributed by atoms with Crippen LogP contribution in [0.2, 0.25) is 0 Å². The molecular formula is C26H29N3O5. The minimum Gasteiger partial charge on any atom is -0.484 e. The molecule has 3 amide bonds. The van der Waals surface area contributed by atoms with Crippen LogP contribution < -0.4 is 25.0 Å². The minimum atomic E-state index is -0.932. The first-order valence-corrected chi connectivity index (χ1v) is 11.3. The molecule has 0 unspecified atom stereocenters. The molecule has 2 N–H and O–H groups in total. The molecule has 34 heavy (non-hydrogen) atoms. The minimum absolute atomic E-state index is 0.00161. The maximum Gasteiger partial charge on any atom is 0.268 e. The molecule has 178 valence electrons. The molecule has 8 heteroatoms. The third-order valence-corrected chi connectivity index (χ3v) is 5.92. The first-order chi connectivity index (χ1) is 16.2. The van der Waals surface area contributed by atoms with Crippen LogP contribution in [0, 0.1) is 26.7 Å². The van der Waals surface area contributed by atoms with Crippen LogP contribution in [0.15, 0.2) is 48.8 Å². The van der Waals surface area contributed by atoms with Gasteiger partial charge in [0.05, 0.1) is 12.2 Å². The monoisotopic (exact) mass is 463 g/mol. The highest BCUT2D eigenvalue weighted by Crippen LogP contribution is 2.39. The highest BCUT2D eigenvalue weighted by molar-refractivity contribution is 6.00. The van der Waals surface area contributed by atoms with Crippen molar-refractivity contribution < 1.29 is 23.9 Å². The van der Waals surface area contributed by atoms with Crippen LogP contribution in [0.3, 0.4) is 0 Å². The van der Waals surface area contributed by atoms with E-state index < -0.39 is 17.9 Å². The Balaban J connectivity index is 1.33. The van der Waals surface area contributed by atoms with E-state index in [1.807, 2.05) is 45.0 Å². The molecule has 2 aromatic rings. The number of ether oxygens (including phenoxy) is 2. The van der Waals surface area contributed by atoms with Gasteiger partial charge in [-0.2, -0.15) is 0 Å². The Morgan fingerprint density at radius 2 is 1.82 bits per heavy atom. The zero-order chi connectivity index (χ0) is 24.4. The lowest BCUT2D eigenvalue weighted by molar-refractivity contribution is -0.128. The molecule has 1 aliphatic carbocycles. The summed E-state index contributed by atoms with van der Waals surface area (Å²) in [5.74, 6) is 0.113. The Morgan fingerprint density at radius 1 is 1.06 bits per heavy atom. The fourth-order valence-electron chi connectivity index (χ4n) is 3.71. The normalized spacial score (nSPS) is 16.7. The SMILES string of the molecule is C=C(NC(=O)COc1ccc(C)c(C)c1)NC(=O)[C@H]1CN(C(=O)C2CC2)c2cc(C)ccc2O1. The quantitative estimate of drug-likeness (QED) is 0.658. The number of carbonyl (C=O) groups excluding carboxylic acids is 3. The molecule has 0 aromatic heterocycles. The standard InChI is InChI=1S/C26H29N3O5/c1-15-5-10-22-21(11-15)29(26(32)19-7-8-19)13-23(34-22)25(31)28-18(4)27-24(30)14-33-20-9-6-16(2)17(3)12-20/h5-6,9-12,19,23H,4,7-8,13-14H2,1-3H3,(H,27,30)(H,28,31)/t23-/m1/s1. The highest BCUT2D eigenvalue weighted by Gasteiger charge is 2.40. The Labute approximate surface area is 198 Å². The Kier molecular flexibility index (Phi) is 6.58. The Morgan fingerprint density at radius 3 is 2.53 bits per heavy atom. The lowest BCUT2D eigenvalue weighted by atomic mass is 10.1. The van der Waals surface area contributed by atoms with Gasteiger partial charge < -0.3 is 25.0 Å². The van der Waals surface area contributed by atoms with E-state index in [-0.39, 0.29) is 30.8 Å². The zero-order valence-electron chi connectivity index (χ0n) is 19.6. The second kappa shape index (κ2) is 9.59. The number of hydrogen-bond acceptors (Lipinski definition) is 5. The summed E-state index contributed by atoms with van der Waals surface area (Å²) in [6, 6.07) is 11.1. The summed E-state index contributed by atoms with van der Waals surface area (Å²) in [7, 11) is 0. The van der Waals surface area contributed by atoms with Crippen molar-refractivity contribution in [1.82, 2.24) is 10.6 Å². The molecule has 1 fully saturated rings. The van der Waals surface area contributed by atoms with Crippen LogP contribution in [0.25, 0.3) is 0 Å². The lowest BCUT2D eigenvalue weighted by Gasteiger charge is -2.34. The van der Waals surface area contributed by atoms with Crippen molar-refractivity contribution in [2.24, 2.45) is 5.92 Å². The first kappa shape index (κ1) is 23.4. The van der Waals surface area contributed by atoms with Gasteiger partial charge in [0.2, 0.25) is 5.91 Å². The molecule has 2 aromatic carbocycles. The molecule has 0 spiro atoms. The van der Waals surface area contributed by atoms with Gasteiger partial charge in [0.25, 0.3) is 11.8 Å². The number of rotatable bonds is 7. The molecule has 1 aliphatic heterocycles. The van der Waals surface area contributed by atoms with E-state index in [0.29, 0.717) is 17.2 Å². The summed E-state index contributed by atoms with van der Waals surface area (Å²) in [5.41, 5.74) is 3.87. The van der Waals surface area contributed by atoms with E-state index in [4.69, 9.17) is 9.47 Å². The van der Waals surface area contributed by atoms with Crippen molar-refractivity contribution in [2.75, 3.05) is 18.1 Å². The largest absolute Gasteiger partial charge is 0.484 e. The predicted molar refractivity (Wildman–Crippen MR) is 128 cm³/mol. The van der Waals surface area contributed by atoms with Crippen LogP contribution in [0.4, 0.5) is 5.69 Å². The van der Waals surface area contributed by atoms with Crippen molar-refractivity contribution in [3.63, 3.8) is 0 Å². The topological polar surface area (TPSA) is 97.0 Å². The van der Waals surface area contributed by atoms with Crippen LogP contribution in [0.1, 0.15) is 29.5 Å². The maximum absolute atomic E-state index is 12.9. The molecule has 0 saturated heterocycles. The fraction of sp³-hybridized carbons (Fsp3) is 0.346. The van der Waals surface area contributed by atoms with E-state index in [1.165, 1.54) is 0 Å². The number of amides is 3. The highest BCUT2D eigenvalue weighted by atomic mass is 16.5. The molecule has 1 atom stereocenters. The second-order valence-electron chi connectivity index (χ2n) is 8.85. The summed E-state index contributed by atoms with van der Waals surface area (Å²) < 4.78 is 11.4. The molecular weight excluding hydrogens is 434 g/mol. The molecule has 8 nitrogen and oxygen atoms in total. The average molecular weight is 464 g/mol. The number of hydrogen-bond donors (Lipinski definition) is 2. The molecule has 1 saturated carbocycles. The van der Waals surface area contributed by atoms with Crippen LogP contribution >= 0.6 is 0 Å². The molecule has 0 radical (unpaired) electrons. The van der Waals surface area contributed by atoms with E-state index in [1.54, 1.807) is 17.0 Å². The number of aryl methyl sites for hydroxylation is 3. The van der Waals surface area contributed by atoms with E-state index in [0.717, 1.165) is 29.5 Å². The van der Waals surface area contributed by atoms with Crippen molar-refractivity contribution in [3.8, 4) is 11.5 Å². The summed E-state index contributed by atoms with van der Waals surface area (Å²) in [4.78, 5) is 39.6. The number of nitrogens with zero attached hydrogens (tertiary/aromatic N) is 1. The Bertz CT molecular complexity index is 1160. The van der Waals surface area contributed by atoms with Gasteiger partial charge in [-0.05, 0) is 74.6 Å². The van der Waals surface area contributed by atoms with Gasteiger partial charge in [-0.15, -0.1) is 0 Å². The third-order valence-electron chi connectivity index (χ3n) is 5.92. The predicted octanol–water partition coefficient (Wildman–Crippen LogP) is 2.90. The molecule has 2 aliphatic rings. The number of benzene rings is 2. The Hall–Kier alpha value is -3.81. The fourth-order valence-corrected chi connectivity index (χ4v) is 3.71. The van der Waals surface area contributed by atoms with Crippen molar-refractivity contribution >= 4 is 23.4 Å². The summed E-state index contributed by atoms with van der Waals surface area (Å²) >= 11 is 0. The summed E-state index contributed by atoms with van der Waals surface area (Å²) in [6.07, 6.45) is 0.793. The van der Waals surface area contributed by atoms with Crippen molar-refractivity contribution in [1.29, 1.82) is 0 Å². The second-order valence-corrected chi connectivity index (χ2v) is 8.85. The molecule has 4 rings (SSSR count). The van der Waals surface area contributed by atoms with Gasteiger partial charge in [-0.25, -0.2) is 0 Å². The van der Waals surface area contributed by atoms with E-state index in [2.05, 4.69) is 17.2 Å². The summed E-state index contributed by atoms with van der Waals surface area (Å²) in [5, 5.41) is 5.07. The third kappa shape index (κ3) is 5.39. The van der Waals surface area contributed by atoms with Gasteiger partial charge in [-0.3, -0.25) is 14.4 Å². The zero-order valence-corrected chi connectivity index (χ0v) is 19.6. The molecule has 1 heterocycles. The van der Waals surface area contributed by atoms with E-state index >= 15 is 0 Å². The van der Waals surface area contributed by atoms with Gasteiger partial charge >= 0.3 is 0 Å². The maximum atomic E-state index is 12.9. The van der Waals surface area contributed by atoms with E-state index in [9.17, 15) is 14.4 Å².